The zero-order valence-electron chi connectivity index (χ0n) is 11.2. The first kappa shape index (κ1) is 12.5. The molecule has 0 unspecified atom stereocenters. The van der Waals surface area contributed by atoms with Crippen LogP contribution in [-0.2, 0) is 0 Å². The van der Waals surface area contributed by atoms with E-state index >= 15 is 0 Å². The fourth-order valence-corrected chi connectivity index (χ4v) is 2.05. The highest BCUT2D eigenvalue weighted by Crippen LogP contribution is 2.38. The Kier molecular flexibility index (Phi) is 3.60. The Bertz CT molecular complexity index is 446. The van der Waals surface area contributed by atoms with E-state index in [1.165, 1.54) is 0 Å². The molecule has 0 saturated carbocycles. The largest absolute Gasteiger partial charge is 0.493 e. The minimum absolute atomic E-state index is 0.602. The molecule has 0 spiro atoms. The van der Waals surface area contributed by atoms with Crippen LogP contribution in [0, 0.1) is 0 Å². The van der Waals surface area contributed by atoms with Gasteiger partial charge >= 0.3 is 0 Å². The first-order valence-corrected chi connectivity index (χ1v) is 5.77. The van der Waals surface area contributed by atoms with Gasteiger partial charge in [-0.2, -0.15) is 0 Å². The number of nitrogens with zero attached hydrogens (tertiary/aromatic N) is 2. The molecule has 1 aliphatic rings. The molecule has 1 aliphatic heterocycles. The van der Waals surface area contributed by atoms with E-state index in [0.717, 1.165) is 24.5 Å². The van der Waals surface area contributed by atoms with Gasteiger partial charge in [0.15, 0.2) is 11.5 Å². The molecule has 98 valence electrons. The fourth-order valence-electron chi connectivity index (χ4n) is 2.05. The Labute approximate surface area is 107 Å². The molecule has 18 heavy (non-hydrogen) atoms. The van der Waals surface area contributed by atoms with Crippen molar-refractivity contribution in [3.8, 4) is 17.2 Å². The maximum absolute atomic E-state index is 5.34. The number of hydrogen-bond donors (Lipinski definition) is 0. The molecule has 5 nitrogen and oxygen atoms in total. The van der Waals surface area contributed by atoms with Gasteiger partial charge in [0.2, 0.25) is 5.75 Å². The monoisotopic (exact) mass is 250 g/mol. The van der Waals surface area contributed by atoms with Crippen LogP contribution in [0.5, 0.6) is 17.2 Å². The maximum atomic E-state index is 5.34. The third-order valence-electron chi connectivity index (χ3n) is 2.98. The number of aliphatic imine (C=N–C) groups is 1. The van der Waals surface area contributed by atoms with Crippen molar-refractivity contribution in [3.63, 3.8) is 0 Å². The van der Waals surface area contributed by atoms with Crippen LogP contribution < -0.4 is 14.2 Å². The lowest BCUT2D eigenvalue weighted by molar-refractivity contribution is 0.324. The first-order valence-electron chi connectivity index (χ1n) is 5.77. The topological polar surface area (TPSA) is 43.3 Å². The molecule has 1 aromatic carbocycles. The van der Waals surface area contributed by atoms with Crippen LogP contribution in [0.15, 0.2) is 17.1 Å². The smallest absolute Gasteiger partial charge is 0.203 e. The average molecular weight is 250 g/mol. The Morgan fingerprint density at radius 1 is 1.06 bits per heavy atom. The van der Waals surface area contributed by atoms with Crippen molar-refractivity contribution >= 4 is 5.84 Å². The third kappa shape index (κ3) is 2.08. The lowest BCUT2D eigenvalue weighted by Crippen LogP contribution is -2.23. The average Bonchev–Trinajstić information content (AvgIpc) is 2.83. The van der Waals surface area contributed by atoms with Crippen molar-refractivity contribution in [3.05, 3.63) is 17.7 Å². The van der Waals surface area contributed by atoms with Crippen LogP contribution in [0.3, 0.4) is 0 Å². The van der Waals surface area contributed by atoms with Crippen LogP contribution >= 0.6 is 0 Å². The molecule has 0 amide bonds. The van der Waals surface area contributed by atoms with E-state index in [9.17, 15) is 0 Å². The molecule has 1 heterocycles. The van der Waals surface area contributed by atoms with E-state index in [-0.39, 0.29) is 0 Å². The summed E-state index contributed by atoms with van der Waals surface area (Å²) in [6.45, 7) is 1.76. The molecule has 0 atom stereocenters. The number of benzene rings is 1. The summed E-state index contributed by atoms with van der Waals surface area (Å²) in [7, 11) is 6.84. The Hall–Kier alpha value is -1.91. The Morgan fingerprint density at radius 2 is 1.67 bits per heavy atom. The van der Waals surface area contributed by atoms with Crippen LogP contribution in [0.4, 0.5) is 0 Å². The van der Waals surface area contributed by atoms with E-state index in [1.807, 2.05) is 19.2 Å². The van der Waals surface area contributed by atoms with Gasteiger partial charge < -0.3 is 19.1 Å². The third-order valence-corrected chi connectivity index (χ3v) is 2.98. The van der Waals surface area contributed by atoms with Gasteiger partial charge in [-0.15, -0.1) is 0 Å². The lowest BCUT2D eigenvalue weighted by Gasteiger charge is -2.17. The van der Waals surface area contributed by atoms with Crippen molar-refractivity contribution < 1.29 is 14.2 Å². The zero-order chi connectivity index (χ0) is 13.1. The highest BCUT2D eigenvalue weighted by atomic mass is 16.5. The normalized spacial score (nSPS) is 14.4. The first-order chi connectivity index (χ1) is 8.71. The van der Waals surface area contributed by atoms with Gasteiger partial charge in [0.25, 0.3) is 0 Å². The van der Waals surface area contributed by atoms with Crippen molar-refractivity contribution in [1.29, 1.82) is 0 Å². The SMILES string of the molecule is COc1cc(C2=NCCN2C)cc(OC)c1OC. The summed E-state index contributed by atoms with van der Waals surface area (Å²) in [5, 5.41) is 0. The van der Waals surface area contributed by atoms with Gasteiger partial charge in [0.1, 0.15) is 5.84 Å². The van der Waals surface area contributed by atoms with E-state index in [1.54, 1.807) is 21.3 Å². The molecule has 0 N–H and O–H groups in total. The predicted molar refractivity (Wildman–Crippen MR) is 70.1 cm³/mol. The standard InChI is InChI=1S/C13H18N2O3/c1-15-6-5-14-13(15)9-7-10(16-2)12(18-4)11(8-9)17-3/h7-8H,5-6H2,1-4H3. The van der Waals surface area contributed by atoms with Gasteiger partial charge in [0.05, 0.1) is 27.9 Å². The number of ether oxygens (including phenoxy) is 3. The van der Waals surface area contributed by atoms with Crippen molar-refractivity contribution in [2.45, 2.75) is 0 Å². The van der Waals surface area contributed by atoms with E-state index in [2.05, 4.69) is 9.89 Å². The molecule has 2 rings (SSSR count). The molecule has 0 saturated heterocycles. The van der Waals surface area contributed by atoms with Gasteiger partial charge in [0, 0.05) is 19.2 Å². The summed E-state index contributed by atoms with van der Waals surface area (Å²) in [5.74, 6) is 2.85. The molecule has 0 bridgehead atoms. The highest BCUT2D eigenvalue weighted by Gasteiger charge is 2.20. The van der Waals surface area contributed by atoms with Gasteiger partial charge in [-0.3, -0.25) is 4.99 Å². The molecule has 0 fully saturated rings. The molecule has 5 heteroatoms. The number of rotatable bonds is 4. The van der Waals surface area contributed by atoms with Crippen molar-refractivity contribution in [2.24, 2.45) is 4.99 Å². The number of methoxy groups -OCH3 is 3. The summed E-state index contributed by atoms with van der Waals surface area (Å²) in [5.41, 5.74) is 0.976. The summed E-state index contributed by atoms with van der Waals surface area (Å²) in [6.07, 6.45) is 0. The Morgan fingerprint density at radius 3 is 2.06 bits per heavy atom. The second-order valence-corrected chi connectivity index (χ2v) is 4.04. The van der Waals surface area contributed by atoms with Crippen LogP contribution in [0.25, 0.3) is 0 Å². The van der Waals surface area contributed by atoms with E-state index < -0.39 is 0 Å². The summed E-state index contributed by atoms with van der Waals surface area (Å²) in [6, 6.07) is 3.84. The van der Waals surface area contributed by atoms with Crippen LogP contribution in [-0.4, -0.2) is 52.2 Å². The highest BCUT2D eigenvalue weighted by molar-refractivity contribution is 6.00. The maximum Gasteiger partial charge on any atom is 0.203 e. The minimum atomic E-state index is 0.602. The van der Waals surface area contributed by atoms with Crippen molar-refractivity contribution in [1.82, 2.24) is 4.90 Å². The molecule has 0 radical (unpaired) electrons. The van der Waals surface area contributed by atoms with Gasteiger partial charge in [-0.1, -0.05) is 0 Å². The second kappa shape index (κ2) is 5.16. The van der Waals surface area contributed by atoms with Crippen LogP contribution in [0.2, 0.25) is 0 Å². The minimum Gasteiger partial charge on any atom is -0.493 e. The predicted octanol–water partition coefficient (Wildman–Crippen LogP) is 1.40. The van der Waals surface area contributed by atoms with Crippen LogP contribution in [0.1, 0.15) is 5.56 Å². The number of hydrogen-bond acceptors (Lipinski definition) is 5. The zero-order valence-corrected chi connectivity index (χ0v) is 11.2. The molecule has 0 aromatic heterocycles. The van der Waals surface area contributed by atoms with Crippen molar-refractivity contribution in [2.75, 3.05) is 41.5 Å². The molecule has 1 aromatic rings. The summed E-state index contributed by atoms with van der Waals surface area (Å²) >= 11 is 0. The van der Waals surface area contributed by atoms with Gasteiger partial charge in [-0.05, 0) is 12.1 Å². The summed E-state index contributed by atoms with van der Waals surface area (Å²) < 4.78 is 16.0. The Balaban J connectivity index is 2.50. The van der Waals surface area contributed by atoms with Gasteiger partial charge in [-0.25, -0.2) is 0 Å². The molecule has 0 aliphatic carbocycles. The number of likely N-dealkylation sites (N-methyl/N-ethyl adjacent to an activating group) is 1. The summed E-state index contributed by atoms with van der Waals surface area (Å²) in [4.78, 5) is 6.60. The molecular formula is C13H18N2O3. The second-order valence-electron chi connectivity index (χ2n) is 4.04. The fraction of sp³-hybridized carbons (Fsp3) is 0.462. The van der Waals surface area contributed by atoms with E-state index in [0.29, 0.717) is 17.2 Å². The van der Waals surface area contributed by atoms with E-state index in [4.69, 9.17) is 14.2 Å². The number of amidine groups is 1. The lowest BCUT2D eigenvalue weighted by atomic mass is 10.1. The molecular weight excluding hydrogens is 232 g/mol. The quantitative estimate of drug-likeness (QED) is 0.810.